The minimum atomic E-state index is -0.929. The highest BCUT2D eigenvalue weighted by atomic mass is 32.1. The van der Waals surface area contributed by atoms with Gasteiger partial charge in [-0.15, -0.1) is 0 Å². The second-order valence-electron chi connectivity index (χ2n) is 4.62. The van der Waals surface area contributed by atoms with Crippen LogP contribution in [0.15, 0.2) is 16.8 Å². The van der Waals surface area contributed by atoms with E-state index in [1.165, 1.54) is 16.2 Å². The van der Waals surface area contributed by atoms with E-state index in [2.05, 4.69) is 5.32 Å². The molecule has 0 bridgehead atoms. The maximum Gasteiger partial charge on any atom is 0.326 e. The molecule has 2 unspecified atom stereocenters. The van der Waals surface area contributed by atoms with Crippen molar-refractivity contribution < 1.29 is 14.7 Å². The van der Waals surface area contributed by atoms with Crippen molar-refractivity contribution in [2.24, 2.45) is 5.92 Å². The van der Waals surface area contributed by atoms with Crippen LogP contribution in [0.2, 0.25) is 0 Å². The molecule has 18 heavy (non-hydrogen) atoms. The number of carboxylic acids is 1. The highest BCUT2D eigenvalue weighted by Gasteiger charge is 2.34. The fourth-order valence-electron chi connectivity index (χ4n) is 2.15. The summed E-state index contributed by atoms with van der Waals surface area (Å²) in [5, 5.41) is 15.6. The minimum absolute atomic E-state index is 0.326. The number of carbonyl (C=O) groups is 2. The van der Waals surface area contributed by atoms with Crippen LogP contribution in [0.4, 0.5) is 10.5 Å². The van der Waals surface area contributed by atoms with Crippen LogP contribution in [0.1, 0.15) is 19.8 Å². The quantitative estimate of drug-likeness (QED) is 0.865. The molecule has 2 N–H and O–H groups in total. The van der Waals surface area contributed by atoms with Gasteiger partial charge in [-0.1, -0.05) is 6.92 Å². The topological polar surface area (TPSA) is 69.6 Å². The molecule has 1 aliphatic heterocycles. The lowest BCUT2D eigenvalue weighted by atomic mass is 9.93. The van der Waals surface area contributed by atoms with Crippen LogP contribution in [0.3, 0.4) is 0 Å². The van der Waals surface area contributed by atoms with Crippen molar-refractivity contribution in [2.45, 2.75) is 25.8 Å². The van der Waals surface area contributed by atoms with Crippen molar-refractivity contribution in [1.82, 2.24) is 4.90 Å². The van der Waals surface area contributed by atoms with Gasteiger partial charge in [-0.05, 0) is 30.2 Å². The first-order valence-electron chi connectivity index (χ1n) is 5.90. The van der Waals surface area contributed by atoms with E-state index in [-0.39, 0.29) is 6.03 Å². The van der Waals surface area contributed by atoms with Crippen molar-refractivity contribution in [3.8, 4) is 0 Å². The molecule has 0 aromatic carbocycles. The van der Waals surface area contributed by atoms with E-state index in [0.29, 0.717) is 24.6 Å². The lowest BCUT2D eigenvalue weighted by molar-refractivity contribution is -0.143. The van der Waals surface area contributed by atoms with Crippen LogP contribution in [0.25, 0.3) is 0 Å². The Bertz CT molecular complexity index is 433. The zero-order chi connectivity index (χ0) is 13.1. The van der Waals surface area contributed by atoms with Crippen LogP contribution in [0, 0.1) is 5.92 Å². The molecule has 1 fully saturated rings. The smallest absolute Gasteiger partial charge is 0.326 e. The van der Waals surface area contributed by atoms with Gasteiger partial charge >= 0.3 is 12.0 Å². The Morgan fingerprint density at radius 2 is 2.33 bits per heavy atom. The van der Waals surface area contributed by atoms with Crippen molar-refractivity contribution in [3.63, 3.8) is 0 Å². The summed E-state index contributed by atoms with van der Waals surface area (Å²) in [4.78, 5) is 24.7. The van der Waals surface area contributed by atoms with E-state index in [4.69, 9.17) is 0 Å². The van der Waals surface area contributed by atoms with Gasteiger partial charge in [-0.2, -0.15) is 11.3 Å². The third-order valence-electron chi connectivity index (χ3n) is 3.18. The third-order valence-corrected chi connectivity index (χ3v) is 3.87. The van der Waals surface area contributed by atoms with Crippen LogP contribution in [0.5, 0.6) is 0 Å². The average Bonchev–Trinajstić information content (AvgIpc) is 2.81. The molecule has 0 radical (unpaired) electrons. The maximum absolute atomic E-state index is 12.0. The molecule has 6 heteroatoms. The number of carbonyl (C=O) groups excluding carboxylic acids is 1. The summed E-state index contributed by atoms with van der Waals surface area (Å²) in [5.41, 5.74) is 0.716. The summed E-state index contributed by atoms with van der Waals surface area (Å²) in [7, 11) is 0. The first kappa shape index (κ1) is 12.9. The number of nitrogens with one attached hydrogen (secondary N) is 1. The van der Waals surface area contributed by atoms with Gasteiger partial charge in [-0.25, -0.2) is 9.59 Å². The molecule has 1 aromatic rings. The standard InChI is InChI=1S/C12H16N2O3S/c1-8-2-4-14(10(6-8)11(15)16)12(17)13-9-3-5-18-7-9/h3,5,7-8,10H,2,4,6H2,1H3,(H,13,17)(H,15,16). The Hall–Kier alpha value is -1.56. The second kappa shape index (κ2) is 5.39. The number of hydrogen-bond acceptors (Lipinski definition) is 3. The van der Waals surface area contributed by atoms with Gasteiger partial charge in [0.2, 0.25) is 0 Å². The number of piperidine rings is 1. The van der Waals surface area contributed by atoms with Crippen LogP contribution < -0.4 is 5.32 Å². The Morgan fingerprint density at radius 3 is 2.94 bits per heavy atom. The summed E-state index contributed by atoms with van der Waals surface area (Å²) < 4.78 is 0. The first-order chi connectivity index (χ1) is 8.58. The largest absolute Gasteiger partial charge is 0.480 e. The Balaban J connectivity index is 2.05. The highest BCUT2D eigenvalue weighted by molar-refractivity contribution is 7.08. The Kier molecular flexibility index (Phi) is 3.86. The summed E-state index contributed by atoms with van der Waals surface area (Å²) in [6.45, 7) is 2.51. The summed E-state index contributed by atoms with van der Waals surface area (Å²) in [5.74, 6) is -0.585. The van der Waals surface area contributed by atoms with E-state index in [0.717, 1.165) is 6.42 Å². The molecule has 2 atom stereocenters. The SMILES string of the molecule is CC1CCN(C(=O)Nc2ccsc2)C(C(=O)O)C1. The number of nitrogens with zero attached hydrogens (tertiary/aromatic N) is 1. The van der Waals surface area contributed by atoms with E-state index in [1.54, 1.807) is 6.07 Å². The molecule has 0 spiro atoms. The Labute approximate surface area is 109 Å². The number of anilines is 1. The molecular weight excluding hydrogens is 252 g/mol. The van der Waals surface area contributed by atoms with E-state index >= 15 is 0 Å². The number of aliphatic carboxylic acids is 1. The molecular formula is C12H16N2O3S. The lowest BCUT2D eigenvalue weighted by Crippen LogP contribution is -2.51. The van der Waals surface area contributed by atoms with Crippen molar-refractivity contribution in [1.29, 1.82) is 0 Å². The fraction of sp³-hybridized carbons (Fsp3) is 0.500. The molecule has 98 valence electrons. The highest BCUT2D eigenvalue weighted by Crippen LogP contribution is 2.24. The predicted molar refractivity (Wildman–Crippen MR) is 69.9 cm³/mol. The van der Waals surface area contributed by atoms with Gasteiger partial charge in [0.25, 0.3) is 0 Å². The number of hydrogen-bond donors (Lipinski definition) is 2. The number of thiophene rings is 1. The zero-order valence-corrected chi connectivity index (χ0v) is 10.9. The number of carboxylic acid groups (broad SMARTS) is 1. The molecule has 1 saturated heterocycles. The van der Waals surface area contributed by atoms with Crippen molar-refractivity contribution in [2.75, 3.05) is 11.9 Å². The molecule has 2 amide bonds. The van der Waals surface area contributed by atoms with Gasteiger partial charge in [0.05, 0.1) is 5.69 Å². The normalized spacial score (nSPS) is 23.7. The van der Waals surface area contributed by atoms with Crippen molar-refractivity contribution >= 4 is 29.0 Å². The van der Waals surface area contributed by atoms with Gasteiger partial charge in [0, 0.05) is 11.9 Å². The van der Waals surface area contributed by atoms with Gasteiger partial charge in [-0.3, -0.25) is 0 Å². The van der Waals surface area contributed by atoms with Crippen LogP contribution in [-0.4, -0.2) is 34.6 Å². The van der Waals surface area contributed by atoms with Crippen LogP contribution >= 0.6 is 11.3 Å². The molecule has 1 aromatic heterocycles. The van der Waals surface area contributed by atoms with Gasteiger partial charge in [0.1, 0.15) is 6.04 Å². The van der Waals surface area contributed by atoms with Gasteiger partial charge < -0.3 is 15.3 Å². The monoisotopic (exact) mass is 268 g/mol. The number of likely N-dealkylation sites (tertiary alicyclic amines) is 1. The zero-order valence-electron chi connectivity index (χ0n) is 10.1. The second-order valence-corrected chi connectivity index (χ2v) is 5.40. The average molecular weight is 268 g/mol. The number of rotatable bonds is 2. The van der Waals surface area contributed by atoms with E-state index in [9.17, 15) is 14.7 Å². The van der Waals surface area contributed by atoms with Crippen LogP contribution in [-0.2, 0) is 4.79 Å². The summed E-state index contributed by atoms with van der Waals surface area (Å²) >= 11 is 1.49. The van der Waals surface area contributed by atoms with Gasteiger partial charge in [0.15, 0.2) is 0 Å². The Morgan fingerprint density at radius 1 is 1.56 bits per heavy atom. The fourth-order valence-corrected chi connectivity index (χ4v) is 2.74. The molecule has 5 nitrogen and oxygen atoms in total. The lowest BCUT2D eigenvalue weighted by Gasteiger charge is -2.35. The number of urea groups is 1. The molecule has 1 aliphatic rings. The maximum atomic E-state index is 12.0. The summed E-state index contributed by atoms with van der Waals surface area (Å²) in [6.07, 6.45) is 1.37. The van der Waals surface area contributed by atoms with E-state index < -0.39 is 12.0 Å². The molecule has 0 aliphatic carbocycles. The minimum Gasteiger partial charge on any atom is -0.480 e. The predicted octanol–water partition coefficient (Wildman–Crippen LogP) is 2.47. The van der Waals surface area contributed by atoms with E-state index in [1.807, 2.05) is 17.7 Å². The summed E-state index contributed by atoms with van der Waals surface area (Å²) in [6, 6.07) is 0.755. The van der Waals surface area contributed by atoms with Crippen molar-refractivity contribution in [3.05, 3.63) is 16.8 Å². The number of amides is 2. The third kappa shape index (κ3) is 2.81. The molecule has 2 heterocycles. The first-order valence-corrected chi connectivity index (χ1v) is 6.85. The molecule has 0 saturated carbocycles. The molecule has 2 rings (SSSR count).